The van der Waals surface area contributed by atoms with E-state index in [2.05, 4.69) is 0 Å². The molecule has 94 valence electrons. The minimum atomic E-state index is -3.37. The third kappa shape index (κ3) is 3.45. The summed E-state index contributed by atoms with van der Waals surface area (Å²) >= 11 is 0. The summed E-state index contributed by atoms with van der Waals surface area (Å²) in [4.78, 5) is 11.7. The van der Waals surface area contributed by atoms with Crippen molar-refractivity contribution in [3.8, 4) is 0 Å². The molecule has 1 aromatic rings. The Morgan fingerprint density at radius 1 is 1.35 bits per heavy atom. The van der Waals surface area contributed by atoms with Crippen LogP contribution < -0.4 is 5.73 Å². The Morgan fingerprint density at radius 2 is 1.94 bits per heavy atom. The van der Waals surface area contributed by atoms with Gasteiger partial charge in [0.1, 0.15) is 0 Å². The third-order valence-corrected chi connectivity index (χ3v) is 3.13. The van der Waals surface area contributed by atoms with Crippen LogP contribution in [-0.2, 0) is 14.6 Å². The highest BCUT2D eigenvalue weighted by Gasteiger charge is 2.16. The summed E-state index contributed by atoms with van der Waals surface area (Å²) in [6.07, 6.45) is 0.777. The van der Waals surface area contributed by atoms with Crippen LogP contribution in [0.1, 0.15) is 24.2 Å². The predicted octanol–water partition coefficient (Wildman–Crippen LogP) is 1.24. The number of nitrogen functional groups attached to an aromatic ring is 1. The number of benzene rings is 1. The molecule has 0 saturated heterocycles. The van der Waals surface area contributed by atoms with E-state index in [1.165, 1.54) is 18.2 Å². The first kappa shape index (κ1) is 13.5. The largest absolute Gasteiger partial charge is 0.459 e. The number of anilines is 1. The van der Waals surface area contributed by atoms with Crippen molar-refractivity contribution in [2.45, 2.75) is 24.8 Å². The molecule has 0 fully saturated rings. The number of esters is 1. The number of carbonyl (C=O) groups is 1. The van der Waals surface area contributed by atoms with Crippen LogP contribution in [-0.4, -0.2) is 26.7 Å². The maximum atomic E-state index is 11.7. The van der Waals surface area contributed by atoms with Crippen LogP contribution in [0, 0.1) is 0 Å². The molecule has 5 nitrogen and oxygen atoms in total. The monoisotopic (exact) mass is 257 g/mol. The molecule has 0 spiro atoms. The summed E-state index contributed by atoms with van der Waals surface area (Å²) in [5.41, 5.74) is 5.88. The normalized spacial score (nSPS) is 11.5. The zero-order valence-electron chi connectivity index (χ0n) is 9.93. The highest BCUT2D eigenvalue weighted by atomic mass is 32.2. The Hall–Kier alpha value is -1.56. The quantitative estimate of drug-likeness (QED) is 0.650. The summed E-state index contributed by atoms with van der Waals surface area (Å²) in [5.74, 6) is -0.622. The molecular formula is C11H15NO4S. The van der Waals surface area contributed by atoms with Gasteiger partial charge < -0.3 is 10.5 Å². The molecule has 0 bridgehead atoms. The average Bonchev–Trinajstić information content (AvgIpc) is 2.15. The van der Waals surface area contributed by atoms with Gasteiger partial charge in [-0.25, -0.2) is 13.2 Å². The number of rotatable bonds is 3. The maximum absolute atomic E-state index is 11.7. The van der Waals surface area contributed by atoms with E-state index in [0.717, 1.165) is 6.26 Å². The number of carbonyl (C=O) groups excluding carboxylic acids is 1. The molecule has 0 amide bonds. The van der Waals surface area contributed by atoms with E-state index in [0.29, 0.717) is 0 Å². The van der Waals surface area contributed by atoms with Crippen molar-refractivity contribution in [1.29, 1.82) is 0 Å². The predicted molar refractivity (Wildman–Crippen MR) is 64.5 cm³/mol. The minimum Gasteiger partial charge on any atom is -0.459 e. The standard InChI is InChI=1S/C11H15NO4S/c1-7(2)16-11(13)9-6-8(17(3,14)15)4-5-10(9)12/h4-7H,12H2,1-3H3. The zero-order valence-corrected chi connectivity index (χ0v) is 10.7. The SMILES string of the molecule is CC(C)OC(=O)c1cc(S(C)(=O)=O)ccc1N. The summed E-state index contributed by atoms with van der Waals surface area (Å²) in [6, 6.07) is 3.97. The van der Waals surface area contributed by atoms with Crippen LogP contribution in [0.4, 0.5) is 5.69 Å². The third-order valence-electron chi connectivity index (χ3n) is 2.02. The molecule has 0 atom stereocenters. The second kappa shape index (κ2) is 4.75. The van der Waals surface area contributed by atoms with Crippen molar-refractivity contribution in [2.75, 3.05) is 12.0 Å². The Labute approximate surface area is 100 Å². The van der Waals surface area contributed by atoms with Crippen LogP contribution in [0.5, 0.6) is 0 Å². The van der Waals surface area contributed by atoms with Gasteiger partial charge in [0.15, 0.2) is 9.84 Å². The summed E-state index contributed by atoms with van der Waals surface area (Å²) in [5, 5.41) is 0. The van der Waals surface area contributed by atoms with Crippen LogP contribution >= 0.6 is 0 Å². The Balaban J connectivity index is 3.20. The molecule has 0 aliphatic heterocycles. The first-order chi connectivity index (χ1) is 7.71. The number of hydrogen-bond donors (Lipinski definition) is 1. The Morgan fingerprint density at radius 3 is 2.41 bits per heavy atom. The smallest absolute Gasteiger partial charge is 0.340 e. The molecule has 0 aromatic heterocycles. The molecule has 1 aromatic carbocycles. The van der Waals surface area contributed by atoms with Gasteiger partial charge in [0, 0.05) is 11.9 Å². The lowest BCUT2D eigenvalue weighted by atomic mass is 10.2. The highest BCUT2D eigenvalue weighted by Crippen LogP contribution is 2.19. The van der Waals surface area contributed by atoms with E-state index in [1.54, 1.807) is 13.8 Å². The first-order valence-electron chi connectivity index (χ1n) is 5.02. The molecular weight excluding hydrogens is 242 g/mol. The lowest BCUT2D eigenvalue weighted by Crippen LogP contribution is -2.14. The number of sulfone groups is 1. The number of hydrogen-bond acceptors (Lipinski definition) is 5. The molecule has 0 unspecified atom stereocenters. The Kier molecular flexibility index (Phi) is 3.77. The van der Waals surface area contributed by atoms with Gasteiger partial charge in [-0.3, -0.25) is 0 Å². The van der Waals surface area contributed by atoms with Crippen molar-refractivity contribution in [1.82, 2.24) is 0 Å². The van der Waals surface area contributed by atoms with E-state index in [4.69, 9.17) is 10.5 Å². The molecule has 6 heteroatoms. The van der Waals surface area contributed by atoms with Crippen LogP contribution in [0.3, 0.4) is 0 Å². The number of ether oxygens (including phenoxy) is 1. The fraction of sp³-hybridized carbons (Fsp3) is 0.364. The Bertz CT molecular complexity index is 534. The first-order valence-corrected chi connectivity index (χ1v) is 6.91. The van der Waals surface area contributed by atoms with E-state index in [1.807, 2.05) is 0 Å². The fourth-order valence-corrected chi connectivity index (χ4v) is 1.87. The molecule has 0 aliphatic carbocycles. The van der Waals surface area contributed by atoms with Crippen molar-refractivity contribution >= 4 is 21.5 Å². The van der Waals surface area contributed by atoms with E-state index in [-0.39, 0.29) is 22.3 Å². The van der Waals surface area contributed by atoms with E-state index < -0.39 is 15.8 Å². The van der Waals surface area contributed by atoms with Gasteiger partial charge in [0.05, 0.1) is 16.6 Å². The van der Waals surface area contributed by atoms with Crippen LogP contribution in [0.15, 0.2) is 23.1 Å². The van der Waals surface area contributed by atoms with Gasteiger partial charge in [-0.05, 0) is 32.0 Å². The highest BCUT2D eigenvalue weighted by molar-refractivity contribution is 7.90. The summed E-state index contributed by atoms with van der Waals surface area (Å²) < 4.78 is 27.7. The van der Waals surface area contributed by atoms with E-state index in [9.17, 15) is 13.2 Å². The van der Waals surface area contributed by atoms with Crippen LogP contribution in [0.25, 0.3) is 0 Å². The van der Waals surface area contributed by atoms with Gasteiger partial charge >= 0.3 is 5.97 Å². The van der Waals surface area contributed by atoms with Crippen molar-refractivity contribution in [3.63, 3.8) is 0 Å². The molecule has 0 heterocycles. The molecule has 0 radical (unpaired) electrons. The topological polar surface area (TPSA) is 86.5 Å². The van der Waals surface area contributed by atoms with Gasteiger partial charge in [0.2, 0.25) is 0 Å². The minimum absolute atomic E-state index is 0.0439. The van der Waals surface area contributed by atoms with Gasteiger partial charge in [0.25, 0.3) is 0 Å². The summed E-state index contributed by atoms with van der Waals surface area (Å²) in [7, 11) is -3.37. The van der Waals surface area contributed by atoms with Crippen LogP contribution in [0.2, 0.25) is 0 Å². The van der Waals surface area contributed by atoms with Crippen molar-refractivity contribution < 1.29 is 17.9 Å². The molecule has 1 rings (SSSR count). The molecule has 0 saturated carbocycles. The lowest BCUT2D eigenvalue weighted by molar-refractivity contribution is 0.0379. The zero-order chi connectivity index (χ0) is 13.2. The second-order valence-corrected chi connectivity index (χ2v) is 5.99. The maximum Gasteiger partial charge on any atom is 0.340 e. The second-order valence-electron chi connectivity index (χ2n) is 3.98. The summed E-state index contributed by atoms with van der Waals surface area (Å²) in [6.45, 7) is 3.41. The van der Waals surface area contributed by atoms with Gasteiger partial charge in [-0.1, -0.05) is 0 Å². The molecule has 17 heavy (non-hydrogen) atoms. The molecule has 2 N–H and O–H groups in total. The lowest BCUT2D eigenvalue weighted by Gasteiger charge is -2.10. The van der Waals surface area contributed by atoms with Crippen molar-refractivity contribution in [3.05, 3.63) is 23.8 Å². The fourth-order valence-electron chi connectivity index (χ4n) is 1.22. The molecule has 0 aliphatic rings. The van der Waals surface area contributed by atoms with Gasteiger partial charge in [-0.2, -0.15) is 0 Å². The van der Waals surface area contributed by atoms with Gasteiger partial charge in [-0.15, -0.1) is 0 Å². The number of nitrogens with two attached hydrogens (primary N) is 1. The van der Waals surface area contributed by atoms with Crippen molar-refractivity contribution in [2.24, 2.45) is 0 Å². The van der Waals surface area contributed by atoms with E-state index >= 15 is 0 Å². The average molecular weight is 257 g/mol.